The fourth-order valence-electron chi connectivity index (χ4n) is 9.34. The van der Waals surface area contributed by atoms with Crippen LogP contribution in [0.3, 0.4) is 0 Å². The number of benzene rings is 2. The van der Waals surface area contributed by atoms with Crippen LogP contribution >= 0.6 is 0 Å². The van der Waals surface area contributed by atoms with E-state index in [2.05, 4.69) is 20.3 Å². The van der Waals surface area contributed by atoms with Gasteiger partial charge >= 0.3 is 12.3 Å². The van der Waals surface area contributed by atoms with Crippen molar-refractivity contribution in [1.29, 1.82) is 0 Å². The maximum Gasteiger partial charge on any atom is 0.427 e. The first kappa shape index (κ1) is 48.8. The Morgan fingerprint density at radius 3 is 2.38 bits per heavy atom. The van der Waals surface area contributed by atoms with E-state index in [0.717, 1.165) is 29.7 Å². The van der Waals surface area contributed by atoms with Crippen LogP contribution in [-0.4, -0.2) is 123 Å². The first-order valence-electron chi connectivity index (χ1n) is 23.2. The van der Waals surface area contributed by atoms with E-state index in [4.69, 9.17) is 23.9 Å². The predicted molar refractivity (Wildman–Crippen MR) is 245 cm³/mol. The molecule has 1 aromatic heterocycles. The van der Waals surface area contributed by atoms with Crippen molar-refractivity contribution in [3.05, 3.63) is 60.7 Å². The molecule has 7 atom stereocenters. The van der Waals surface area contributed by atoms with E-state index >= 15 is 4.79 Å². The van der Waals surface area contributed by atoms with E-state index in [-0.39, 0.29) is 31.2 Å². The minimum atomic E-state index is -4.93. The number of hydrogen-bond acceptors (Lipinski definition) is 12. The molecule has 4 amide bonds. The number of nitrogens with zero attached hydrogens (tertiary/aromatic N) is 3. The summed E-state index contributed by atoms with van der Waals surface area (Å²) < 4.78 is 92.6. The maximum absolute atomic E-state index is 15.0. The van der Waals surface area contributed by atoms with Gasteiger partial charge in [-0.3, -0.25) is 19.1 Å². The number of anilines is 1. The summed E-state index contributed by atoms with van der Waals surface area (Å²) in [5.74, 6) is -2.98. The van der Waals surface area contributed by atoms with Gasteiger partial charge in [0.15, 0.2) is 0 Å². The Bertz CT molecular complexity index is 2550. The van der Waals surface area contributed by atoms with Gasteiger partial charge in [-0.05, 0) is 106 Å². The number of aromatic nitrogens is 1. The number of alkyl halides is 3. The summed E-state index contributed by atoms with van der Waals surface area (Å²) in [5, 5.41) is 5.85. The number of fused-ring (bicyclic) bond motifs is 3. The SMILES string of the molecule is COc1ccc2c(OC3C[C@H]4C(=O)N[C@]5(C(=O)NS(=O)(=O)C6CC6)C[C@H]5/C=C\CC[C@@H](C)C[C@@H](C)[C@H](NC(=O)OC(C)(C)C(F)(F)F)C(=O)N4C3)nc(-c3ccc(N4CCOCC4)cc3)cc2c1. The molecule has 2 aliphatic carbocycles. The Labute approximate surface area is 393 Å². The highest BCUT2D eigenvalue weighted by Crippen LogP contribution is 2.46. The van der Waals surface area contributed by atoms with Gasteiger partial charge in [-0.25, -0.2) is 18.2 Å². The first-order valence-corrected chi connectivity index (χ1v) is 24.7. The smallest absolute Gasteiger partial charge is 0.427 e. The largest absolute Gasteiger partial charge is 0.497 e. The van der Waals surface area contributed by atoms with E-state index in [1.165, 1.54) is 4.90 Å². The van der Waals surface area contributed by atoms with Crippen molar-refractivity contribution in [2.75, 3.05) is 44.9 Å². The summed E-state index contributed by atoms with van der Waals surface area (Å²) in [6.45, 7) is 7.57. The van der Waals surface area contributed by atoms with Crippen molar-refractivity contribution in [2.24, 2.45) is 17.8 Å². The second-order valence-corrected chi connectivity index (χ2v) is 21.3. The zero-order valence-corrected chi connectivity index (χ0v) is 39.6. The van der Waals surface area contributed by atoms with Crippen molar-refractivity contribution >= 4 is 50.3 Å². The highest BCUT2D eigenvalue weighted by Gasteiger charge is 2.62. The summed E-state index contributed by atoms with van der Waals surface area (Å²) >= 11 is 0. The molecule has 0 bridgehead atoms. The second-order valence-electron chi connectivity index (χ2n) is 19.3. The van der Waals surface area contributed by atoms with Gasteiger partial charge in [0, 0.05) is 42.1 Å². The molecule has 5 aliphatic rings. The van der Waals surface area contributed by atoms with Crippen molar-refractivity contribution in [3.8, 4) is 22.9 Å². The van der Waals surface area contributed by atoms with Gasteiger partial charge in [-0.1, -0.05) is 38.1 Å². The summed E-state index contributed by atoms with van der Waals surface area (Å²) in [7, 11) is -2.46. The monoisotopic (exact) mass is 968 g/mol. The van der Waals surface area contributed by atoms with Crippen LogP contribution in [0.2, 0.25) is 0 Å². The van der Waals surface area contributed by atoms with Crippen molar-refractivity contribution in [1.82, 2.24) is 25.2 Å². The molecule has 1 unspecified atom stereocenters. The number of carbonyl (C=O) groups is 4. The quantitative estimate of drug-likeness (QED) is 0.200. The highest BCUT2D eigenvalue weighted by molar-refractivity contribution is 7.91. The number of allylic oxidation sites excluding steroid dienone is 1. The van der Waals surface area contributed by atoms with E-state index in [1.54, 1.807) is 32.2 Å². The third kappa shape index (κ3) is 10.5. The minimum absolute atomic E-state index is 0.0542. The molecule has 4 heterocycles. The number of halogens is 3. The van der Waals surface area contributed by atoms with Gasteiger partial charge in [0.05, 0.1) is 37.8 Å². The van der Waals surface area contributed by atoms with Crippen LogP contribution in [0.1, 0.15) is 72.6 Å². The van der Waals surface area contributed by atoms with Crippen LogP contribution in [0.25, 0.3) is 22.0 Å². The van der Waals surface area contributed by atoms with Gasteiger partial charge < -0.3 is 39.4 Å². The number of methoxy groups -OCH3 is 1. The van der Waals surface area contributed by atoms with Crippen molar-refractivity contribution in [2.45, 2.75) is 113 Å². The number of sulfonamides is 1. The van der Waals surface area contributed by atoms with Crippen LogP contribution in [0.4, 0.5) is 23.7 Å². The molecular weight excluding hydrogens is 910 g/mol. The number of carbonyl (C=O) groups excluding carboxylic acids is 4. The molecule has 0 radical (unpaired) electrons. The van der Waals surface area contributed by atoms with Gasteiger partial charge in [0.2, 0.25) is 33.3 Å². The lowest BCUT2D eigenvalue weighted by molar-refractivity contribution is -0.244. The molecule has 0 spiro atoms. The average Bonchev–Trinajstić information content (AvgIpc) is 4.23. The fraction of sp³-hybridized carbons (Fsp3) is 0.562. The molecule has 2 saturated heterocycles. The Morgan fingerprint density at radius 1 is 0.985 bits per heavy atom. The molecule has 3 aromatic rings. The fourth-order valence-corrected chi connectivity index (χ4v) is 10.7. The maximum atomic E-state index is 15.0. The molecule has 2 saturated carbocycles. The van der Waals surface area contributed by atoms with Gasteiger partial charge in [-0.2, -0.15) is 13.2 Å². The number of hydrogen-bond donors (Lipinski definition) is 3. The Kier molecular flexibility index (Phi) is 13.7. The average molecular weight is 969 g/mol. The molecule has 368 valence electrons. The van der Waals surface area contributed by atoms with Crippen LogP contribution in [0.5, 0.6) is 11.6 Å². The number of alkyl carbamates (subject to hydrolysis) is 1. The lowest BCUT2D eigenvalue weighted by Crippen LogP contribution is -2.59. The summed E-state index contributed by atoms with van der Waals surface area (Å²) in [5.41, 5.74) is -2.19. The zero-order valence-electron chi connectivity index (χ0n) is 38.8. The molecule has 3 aliphatic heterocycles. The Balaban J connectivity index is 1.14. The lowest BCUT2D eigenvalue weighted by atomic mass is 9.88. The number of ether oxygens (including phenoxy) is 4. The number of pyridine rings is 1. The number of amides is 4. The molecule has 3 N–H and O–H groups in total. The molecular formula is C48H59F3N6O10S. The summed E-state index contributed by atoms with van der Waals surface area (Å²) in [6, 6.07) is 12.4. The summed E-state index contributed by atoms with van der Waals surface area (Å²) in [4.78, 5) is 65.5. The zero-order chi connectivity index (χ0) is 48.8. The first-order chi connectivity index (χ1) is 32.2. The second kappa shape index (κ2) is 19.0. The Morgan fingerprint density at radius 2 is 1.71 bits per heavy atom. The molecule has 2 aromatic carbocycles. The molecule has 68 heavy (non-hydrogen) atoms. The van der Waals surface area contributed by atoms with E-state index < -0.39 is 86.4 Å². The van der Waals surface area contributed by atoms with Crippen LogP contribution in [-0.2, 0) is 33.9 Å². The highest BCUT2D eigenvalue weighted by atomic mass is 32.2. The van der Waals surface area contributed by atoms with Crippen molar-refractivity contribution < 1.29 is 59.7 Å². The Hall–Kier alpha value is -5.63. The van der Waals surface area contributed by atoms with E-state index in [9.17, 15) is 36.0 Å². The normalized spacial score (nSPS) is 27.7. The predicted octanol–water partition coefficient (Wildman–Crippen LogP) is 6.03. The van der Waals surface area contributed by atoms with Crippen LogP contribution in [0.15, 0.2) is 60.7 Å². The molecule has 4 fully saturated rings. The van der Waals surface area contributed by atoms with Crippen LogP contribution < -0.4 is 29.7 Å². The molecule has 20 heteroatoms. The lowest BCUT2D eigenvalue weighted by Gasteiger charge is -2.34. The van der Waals surface area contributed by atoms with Gasteiger partial charge in [0.1, 0.15) is 29.5 Å². The number of nitrogens with one attached hydrogen (secondary N) is 3. The van der Waals surface area contributed by atoms with Crippen molar-refractivity contribution in [3.63, 3.8) is 0 Å². The third-order valence-electron chi connectivity index (χ3n) is 13.7. The number of morpholine rings is 1. The molecule has 16 nitrogen and oxygen atoms in total. The van der Waals surface area contributed by atoms with Gasteiger partial charge in [-0.15, -0.1) is 0 Å². The molecule has 8 rings (SSSR count). The third-order valence-corrected chi connectivity index (χ3v) is 15.6. The standard InChI is InChI=1S/C48H59F3N6O10S/c1-28-8-6-7-9-32-26-47(32,44(60)55-68(62,63)36-15-16-36)54-41(58)39-25-35(27-57(39)43(59)40(29(2)22-28)53-45(61)67-46(3,4)48(49,50)51)66-42-37-17-14-34(64-5)23-31(37)24-38(52-42)30-10-12-33(13-11-30)56-18-20-65-21-19-56/h7,9-14,17,23-24,28-29,32,35-36,39-40H,6,8,15-16,18-22,25-27H2,1-5H3,(H,53,61)(H,54,58)(H,55,60)/b9-7-/t28-,29-,32-,35?,39+,40+,47-/m1/s1. The van der Waals surface area contributed by atoms with Crippen LogP contribution in [0, 0.1) is 17.8 Å². The van der Waals surface area contributed by atoms with E-state index in [0.29, 0.717) is 76.0 Å². The minimum Gasteiger partial charge on any atom is -0.497 e. The van der Waals surface area contributed by atoms with Gasteiger partial charge in [0.25, 0.3) is 5.91 Å². The number of rotatable bonds is 10. The topological polar surface area (TPSA) is 195 Å². The summed E-state index contributed by atoms with van der Waals surface area (Å²) in [6.07, 6.45) is -1.42. The van der Waals surface area contributed by atoms with E-state index in [1.807, 2.05) is 49.4 Å².